The van der Waals surface area contributed by atoms with E-state index in [1.165, 1.54) is 0 Å². The van der Waals surface area contributed by atoms with Gasteiger partial charge in [0.15, 0.2) is 5.82 Å². The summed E-state index contributed by atoms with van der Waals surface area (Å²) in [6.45, 7) is 1.39. The van der Waals surface area contributed by atoms with Crippen LogP contribution in [0.25, 0.3) is 0 Å². The molecule has 1 aliphatic carbocycles. The molecule has 2 aromatic rings. The topological polar surface area (TPSA) is 99.8 Å². The van der Waals surface area contributed by atoms with Crippen molar-refractivity contribution >= 4 is 46.6 Å². The molecule has 2 heterocycles. The van der Waals surface area contributed by atoms with Gasteiger partial charge in [-0.1, -0.05) is 35.3 Å². The number of rotatable bonds is 4. The standard InChI is InChI=1S/C21H22Cl2N4O3/c22-13-3-1-12(2-4-13)18-11-26(20(28)15-5-6-16(15)21(29)30)7-8-27(18)19-17(24)9-14(23)10-25-19/h1-4,9-10,15-16,18H,5-8,11,24H2,(H,29,30). The molecule has 1 aromatic carbocycles. The summed E-state index contributed by atoms with van der Waals surface area (Å²) < 4.78 is 0. The second kappa shape index (κ2) is 8.32. The normalized spacial score (nSPS) is 23.7. The Balaban J connectivity index is 1.62. The number of nitrogen functional groups attached to an aromatic ring is 1. The number of aromatic nitrogens is 1. The molecule has 2 fully saturated rings. The van der Waals surface area contributed by atoms with E-state index in [0.717, 1.165) is 5.56 Å². The van der Waals surface area contributed by atoms with E-state index in [4.69, 9.17) is 28.9 Å². The Hall–Kier alpha value is -2.51. The summed E-state index contributed by atoms with van der Waals surface area (Å²) in [6.07, 6.45) is 2.72. The summed E-state index contributed by atoms with van der Waals surface area (Å²) in [6, 6.07) is 8.92. The van der Waals surface area contributed by atoms with Gasteiger partial charge in [0, 0.05) is 30.9 Å². The fourth-order valence-electron chi connectivity index (χ4n) is 4.22. The highest BCUT2D eigenvalue weighted by molar-refractivity contribution is 6.31. The molecule has 4 rings (SSSR count). The first-order valence-corrected chi connectivity index (χ1v) is 10.6. The van der Waals surface area contributed by atoms with Crippen molar-refractivity contribution in [2.45, 2.75) is 18.9 Å². The van der Waals surface area contributed by atoms with Crippen LogP contribution in [-0.4, -0.2) is 46.5 Å². The number of carbonyl (C=O) groups excluding carboxylic acids is 1. The maximum Gasteiger partial charge on any atom is 0.307 e. The molecule has 1 aliphatic heterocycles. The minimum Gasteiger partial charge on any atom is -0.481 e. The third-order valence-corrected chi connectivity index (χ3v) is 6.45. The van der Waals surface area contributed by atoms with E-state index in [0.29, 0.717) is 54.0 Å². The van der Waals surface area contributed by atoms with Crippen molar-refractivity contribution in [3.05, 3.63) is 52.1 Å². The van der Waals surface area contributed by atoms with Crippen molar-refractivity contribution in [1.29, 1.82) is 0 Å². The van der Waals surface area contributed by atoms with E-state index in [1.807, 2.05) is 12.1 Å². The summed E-state index contributed by atoms with van der Waals surface area (Å²) in [5.41, 5.74) is 7.62. The van der Waals surface area contributed by atoms with Gasteiger partial charge in [-0.15, -0.1) is 0 Å². The zero-order valence-electron chi connectivity index (χ0n) is 16.2. The Labute approximate surface area is 184 Å². The molecule has 9 heteroatoms. The van der Waals surface area contributed by atoms with Gasteiger partial charge in [0.1, 0.15) is 0 Å². The van der Waals surface area contributed by atoms with Gasteiger partial charge in [0.2, 0.25) is 5.91 Å². The molecular formula is C21H22Cl2N4O3. The van der Waals surface area contributed by atoms with E-state index in [-0.39, 0.29) is 11.9 Å². The fraction of sp³-hybridized carbons (Fsp3) is 0.381. The molecule has 1 saturated heterocycles. The number of pyridine rings is 1. The van der Waals surface area contributed by atoms with Crippen LogP contribution < -0.4 is 10.6 Å². The van der Waals surface area contributed by atoms with Gasteiger partial charge in [0.05, 0.1) is 28.6 Å². The molecule has 3 unspecified atom stereocenters. The molecule has 1 amide bonds. The van der Waals surface area contributed by atoms with Crippen LogP contribution in [0.5, 0.6) is 0 Å². The van der Waals surface area contributed by atoms with E-state index in [9.17, 15) is 14.7 Å². The van der Waals surface area contributed by atoms with Crippen LogP contribution in [0, 0.1) is 11.8 Å². The third kappa shape index (κ3) is 3.91. The Kier molecular flexibility index (Phi) is 5.75. The van der Waals surface area contributed by atoms with Crippen LogP contribution in [0.2, 0.25) is 10.0 Å². The van der Waals surface area contributed by atoms with Crippen LogP contribution in [0.3, 0.4) is 0 Å². The first kappa shape index (κ1) is 20.8. The molecule has 1 saturated carbocycles. The lowest BCUT2D eigenvalue weighted by Crippen LogP contribution is -2.55. The average Bonchev–Trinajstić information content (AvgIpc) is 2.67. The molecule has 30 heavy (non-hydrogen) atoms. The number of anilines is 2. The van der Waals surface area contributed by atoms with Crippen molar-refractivity contribution in [2.75, 3.05) is 30.3 Å². The number of aliphatic carboxylic acids is 1. The third-order valence-electron chi connectivity index (χ3n) is 5.99. The highest BCUT2D eigenvalue weighted by Gasteiger charge is 2.44. The minimum absolute atomic E-state index is 0.0932. The lowest BCUT2D eigenvalue weighted by Gasteiger charge is -2.45. The molecule has 0 spiro atoms. The second-order valence-corrected chi connectivity index (χ2v) is 8.61. The number of hydrogen-bond acceptors (Lipinski definition) is 5. The highest BCUT2D eigenvalue weighted by Crippen LogP contribution is 2.39. The fourth-order valence-corrected chi connectivity index (χ4v) is 4.51. The second-order valence-electron chi connectivity index (χ2n) is 7.74. The number of nitrogens with zero attached hydrogens (tertiary/aromatic N) is 3. The van der Waals surface area contributed by atoms with Gasteiger partial charge in [-0.25, -0.2) is 4.98 Å². The summed E-state index contributed by atoms with van der Waals surface area (Å²) in [5.74, 6) is -1.41. The number of hydrogen-bond donors (Lipinski definition) is 2. The Morgan fingerprint density at radius 1 is 1.07 bits per heavy atom. The highest BCUT2D eigenvalue weighted by atomic mass is 35.5. The number of nitrogens with two attached hydrogens (primary N) is 1. The van der Waals surface area contributed by atoms with Crippen molar-refractivity contribution in [2.24, 2.45) is 11.8 Å². The number of carbonyl (C=O) groups is 2. The molecule has 2 aliphatic rings. The van der Waals surface area contributed by atoms with Gasteiger partial charge in [-0.3, -0.25) is 9.59 Å². The van der Waals surface area contributed by atoms with Crippen LogP contribution in [0.1, 0.15) is 24.4 Å². The predicted octanol–water partition coefficient (Wildman–Crippen LogP) is 3.47. The van der Waals surface area contributed by atoms with Crippen LogP contribution in [0.15, 0.2) is 36.5 Å². The van der Waals surface area contributed by atoms with Gasteiger partial charge >= 0.3 is 5.97 Å². The Morgan fingerprint density at radius 3 is 2.37 bits per heavy atom. The van der Waals surface area contributed by atoms with E-state index in [2.05, 4.69) is 9.88 Å². The van der Waals surface area contributed by atoms with Crippen molar-refractivity contribution < 1.29 is 14.7 Å². The Morgan fingerprint density at radius 2 is 1.77 bits per heavy atom. The first-order valence-electron chi connectivity index (χ1n) is 9.80. The largest absolute Gasteiger partial charge is 0.481 e. The summed E-state index contributed by atoms with van der Waals surface area (Å²) in [4.78, 5) is 32.7. The number of amides is 1. The number of halogens is 2. The smallest absolute Gasteiger partial charge is 0.307 e. The summed E-state index contributed by atoms with van der Waals surface area (Å²) in [7, 11) is 0. The van der Waals surface area contributed by atoms with Crippen molar-refractivity contribution in [3.8, 4) is 0 Å². The quantitative estimate of drug-likeness (QED) is 0.742. The maximum absolute atomic E-state index is 13.0. The molecular weight excluding hydrogens is 427 g/mol. The Bertz CT molecular complexity index is 969. The van der Waals surface area contributed by atoms with Crippen molar-refractivity contribution in [1.82, 2.24) is 9.88 Å². The number of piperazine rings is 1. The summed E-state index contributed by atoms with van der Waals surface area (Å²) in [5, 5.41) is 10.4. The molecule has 0 radical (unpaired) electrons. The number of carboxylic acid groups (broad SMARTS) is 1. The van der Waals surface area contributed by atoms with Crippen molar-refractivity contribution in [3.63, 3.8) is 0 Å². The SMILES string of the molecule is Nc1cc(Cl)cnc1N1CCN(C(=O)C2CCC2C(=O)O)CC1c1ccc(Cl)cc1. The van der Waals surface area contributed by atoms with Gasteiger partial charge < -0.3 is 20.6 Å². The minimum atomic E-state index is -0.898. The molecule has 3 atom stereocenters. The summed E-state index contributed by atoms with van der Waals surface area (Å²) >= 11 is 12.1. The van der Waals surface area contributed by atoms with E-state index < -0.39 is 17.8 Å². The van der Waals surface area contributed by atoms with E-state index in [1.54, 1.807) is 29.3 Å². The lowest BCUT2D eigenvalue weighted by molar-refractivity contribution is -0.157. The lowest BCUT2D eigenvalue weighted by atomic mass is 9.72. The molecule has 7 nitrogen and oxygen atoms in total. The predicted molar refractivity (Wildman–Crippen MR) is 116 cm³/mol. The number of benzene rings is 1. The van der Waals surface area contributed by atoms with Crippen LogP contribution in [0.4, 0.5) is 11.5 Å². The van der Waals surface area contributed by atoms with E-state index >= 15 is 0 Å². The zero-order valence-corrected chi connectivity index (χ0v) is 17.7. The molecule has 3 N–H and O–H groups in total. The molecule has 1 aromatic heterocycles. The number of carboxylic acids is 1. The van der Waals surface area contributed by atoms with Gasteiger partial charge in [0.25, 0.3) is 0 Å². The van der Waals surface area contributed by atoms with Gasteiger partial charge in [-0.2, -0.15) is 0 Å². The molecule has 0 bridgehead atoms. The van der Waals surface area contributed by atoms with Crippen LogP contribution >= 0.6 is 23.2 Å². The van der Waals surface area contributed by atoms with Gasteiger partial charge in [-0.05, 0) is 36.6 Å². The maximum atomic E-state index is 13.0. The monoisotopic (exact) mass is 448 g/mol. The van der Waals surface area contributed by atoms with Crippen LogP contribution in [-0.2, 0) is 9.59 Å². The first-order chi connectivity index (χ1) is 14.3. The zero-order chi connectivity index (χ0) is 21.4. The average molecular weight is 449 g/mol. The molecule has 158 valence electrons.